The Hall–Kier alpha value is -3.04. The van der Waals surface area contributed by atoms with E-state index < -0.39 is 10.0 Å². The molecule has 0 saturated carbocycles. The SMILES string of the molecule is COc1cccc(C2CCCN2C(=O)COc2ccc(N(C)S(=O)(=O)c3cccs3)cc2)c1. The highest BCUT2D eigenvalue weighted by Crippen LogP contribution is 2.33. The van der Waals surface area contributed by atoms with Gasteiger partial charge >= 0.3 is 0 Å². The van der Waals surface area contributed by atoms with Crippen molar-refractivity contribution < 1.29 is 22.7 Å². The van der Waals surface area contributed by atoms with Gasteiger partial charge in [-0.15, -0.1) is 11.3 Å². The van der Waals surface area contributed by atoms with Gasteiger partial charge in [0.25, 0.3) is 15.9 Å². The van der Waals surface area contributed by atoms with E-state index in [4.69, 9.17) is 9.47 Å². The van der Waals surface area contributed by atoms with Crippen LogP contribution in [-0.2, 0) is 14.8 Å². The van der Waals surface area contributed by atoms with E-state index in [2.05, 4.69) is 0 Å². The Morgan fingerprint density at radius 2 is 1.91 bits per heavy atom. The number of amides is 1. The van der Waals surface area contributed by atoms with Crippen LogP contribution in [0.3, 0.4) is 0 Å². The lowest BCUT2D eigenvalue weighted by atomic mass is 10.0. The number of carbonyl (C=O) groups is 1. The van der Waals surface area contributed by atoms with Gasteiger partial charge in [-0.1, -0.05) is 18.2 Å². The van der Waals surface area contributed by atoms with Gasteiger partial charge < -0.3 is 14.4 Å². The summed E-state index contributed by atoms with van der Waals surface area (Å²) < 4.78 is 37.9. The third-order valence-electron chi connectivity index (χ3n) is 5.72. The van der Waals surface area contributed by atoms with Crippen LogP contribution in [0, 0.1) is 0 Å². The van der Waals surface area contributed by atoms with Crippen molar-refractivity contribution in [2.24, 2.45) is 0 Å². The van der Waals surface area contributed by atoms with Crippen molar-refractivity contribution in [3.63, 3.8) is 0 Å². The predicted molar refractivity (Wildman–Crippen MR) is 129 cm³/mol. The van der Waals surface area contributed by atoms with Gasteiger partial charge in [0.05, 0.1) is 18.8 Å². The van der Waals surface area contributed by atoms with E-state index in [1.807, 2.05) is 29.2 Å². The fourth-order valence-electron chi connectivity index (χ4n) is 3.92. The summed E-state index contributed by atoms with van der Waals surface area (Å²) in [5.74, 6) is 1.20. The molecule has 1 fully saturated rings. The largest absolute Gasteiger partial charge is 0.497 e. The molecular weight excluding hydrogens is 460 g/mol. The zero-order valence-corrected chi connectivity index (χ0v) is 20.1. The topological polar surface area (TPSA) is 76.2 Å². The highest BCUT2D eigenvalue weighted by molar-refractivity contribution is 7.94. The maximum absolute atomic E-state index is 12.9. The highest BCUT2D eigenvalue weighted by Gasteiger charge is 2.30. The van der Waals surface area contributed by atoms with Crippen LogP contribution in [0.2, 0.25) is 0 Å². The number of methoxy groups -OCH3 is 1. The van der Waals surface area contributed by atoms with E-state index in [1.54, 1.807) is 48.9 Å². The number of nitrogens with zero attached hydrogens (tertiary/aromatic N) is 2. The van der Waals surface area contributed by atoms with Crippen LogP contribution in [0.25, 0.3) is 0 Å². The van der Waals surface area contributed by atoms with Crippen LogP contribution in [0.15, 0.2) is 70.3 Å². The van der Waals surface area contributed by atoms with E-state index in [-0.39, 0.29) is 22.8 Å². The van der Waals surface area contributed by atoms with Gasteiger partial charge in [-0.2, -0.15) is 0 Å². The first-order valence-corrected chi connectivity index (χ1v) is 12.9. The van der Waals surface area contributed by atoms with Crippen LogP contribution < -0.4 is 13.8 Å². The van der Waals surface area contributed by atoms with Crippen molar-refractivity contribution in [3.8, 4) is 11.5 Å². The maximum Gasteiger partial charge on any atom is 0.273 e. The molecule has 3 aromatic rings. The van der Waals surface area contributed by atoms with E-state index in [0.29, 0.717) is 18.0 Å². The van der Waals surface area contributed by atoms with E-state index in [9.17, 15) is 13.2 Å². The summed E-state index contributed by atoms with van der Waals surface area (Å²) >= 11 is 1.18. The Kier molecular flexibility index (Phi) is 6.90. The number of thiophene rings is 1. The molecule has 0 aliphatic carbocycles. The first-order chi connectivity index (χ1) is 15.9. The van der Waals surface area contributed by atoms with Gasteiger partial charge in [0.1, 0.15) is 15.7 Å². The lowest BCUT2D eigenvalue weighted by Crippen LogP contribution is -2.34. The monoisotopic (exact) mass is 486 g/mol. The number of rotatable bonds is 8. The molecule has 1 atom stereocenters. The summed E-state index contributed by atoms with van der Waals surface area (Å²) in [6.45, 7) is 0.609. The Morgan fingerprint density at radius 1 is 1.12 bits per heavy atom. The van der Waals surface area contributed by atoms with Gasteiger partial charge in [-0.3, -0.25) is 9.10 Å². The summed E-state index contributed by atoms with van der Waals surface area (Å²) in [5, 5.41) is 1.73. The number of carbonyl (C=O) groups excluding carboxylic acids is 1. The van der Waals surface area contributed by atoms with Crippen LogP contribution in [0.5, 0.6) is 11.5 Å². The fourth-order valence-corrected chi connectivity index (χ4v) is 6.28. The van der Waals surface area contributed by atoms with Crippen molar-refractivity contribution in [1.29, 1.82) is 0 Å². The van der Waals surface area contributed by atoms with E-state index in [0.717, 1.165) is 24.2 Å². The van der Waals surface area contributed by atoms with Crippen molar-refractivity contribution in [3.05, 3.63) is 71.6 Å². The molecule has 2 aromatic carbocycles. The van der Waals surface area contributed by atoms with Crippen molar-refractivity contribution >= 4 is 33.0 Å². The normalized spacial score (nSPS) is 15.9. The molecule has 33 heavy (non-hydrogen) atoms. The van der Waals surface area contributed by atoms with Crippen molar-refractivity contribution in [2.45, 2.75) is 23.1 Å². The molecule has 2 heterocycles. The molecule has 1 saturated heterocycles. The average Bonchev–Trinajstić information content (AvgIpc) is 3.55. The molecule has 4 rings (SSSR count). The fraction of sp³-hybridized carbons (Fsp3) is 0.292. The molecule has 0 N–H and O–H groups in total. The Bertz CT molecular complexity index is 1190. The van der Waals surface area contributed by atoms with Gasteiger partial charge in [0, 0.05) is 13.6 Å². The number of anilines is 1. The minimum Gasteiger partial charge on any atom is -0.497 e. The Balaban J connectivity index is 1.38. The Morgan fingerprint density at radius 3 is 2.61 bits per heavy atom. The molecule has 0 bridgehead atoms. The van der Waals surface area contributed by atoms with E-state index in [1.165, 1.54) is 22.7 Å². The molecule has 9 heteroatoms. The number of benzene rings is 2. The van der Waals surface area contributed by atoms with Crippen LogP contribution in [0.1, 0.15) is 24.4 Å². The summed E-state index contributed by atoms with van der Waals surface area (Å²) in [6.07, 6.45) is 1.84. The zero-order chi connectivity index (χ0) is 23.4. The third kappa shape index (κ3) is 4.99. The summed E-state index contributed by atoms with van der Waals surface area (Å²) in [4.78, 5) is 14.7. The average molecular weight is 487 g/mol. The molecule has 0 radical (unpaired) electrons. The minimum absolute atomic E-state index is 0.00897. The standard InChI is InChI=1S/C24H26N2O5S2/c1-25(33(28,29)24-9-5-15-32-24)19-10-12-20(13-11-19)31-17-23(27)26-14-4-8-22(26)18-6-3-7-21(16-18)30-2/h3,5-7,9-13,15-16,22H,4,8,14,17H2,1-2H3. The molecule has 1 aliphatic rings. The lowest BCUT2D eigenvalue weighted by molar-refractivity contribution is -0.134. The molecule has 0 spiro atoms. The lowest BCUT2D eigenvalue weighted by Gasteiger charge is -2.25. The second kappa shape index (κ2) is 9.84. The number of likely N-dealkylation sites (tertiary alicyclic amines) is 1. The van der Waals surface area contributed by atoms with Crippen molar-refractivity contribution in [2.75, 3.05) is 31.6 Å². The molecular formula is C24H26N2O5S2. The second-order valence-corrected chi connectivity index (χ2v) is 10.9. The van der Waals surface area contributed by atoms with Gasteiger partial charge in [0.15, 0.2) is 6.61 Å². The molecule has 1 aromatic heterocycles. The highest BCUT2D eigenvalue weighted by atomic mass is 32.2. The van der Waals surface area contributed by atoms with Gasteiger partial charge in [-0.05, 0) is 66.2 Å². The van der Waals surface area contributed by atoms with Crippen molar-refractivity contribution in [1.82, 2.24) is 4.90 Å². The molecule has 1 aliphatic heterocycles. The number of hydrogen-bond acceptors (Lipinski definition) is 6. The van der Waals surface area contributed by atoms with Crippen LogP contribution in [0.4, 0.5) is 5.69 Å². The number of hydrogen-bond donors (Lipinski definition) is 0. The first kappa shape index (κ1) is 23.1. The minimum atomic E-state index is -3.59. The van der Waals surface area contributed by atoms with Gasteiger partial charge in [-0.25, -0.2) is 8.42 Å². The molecule has 1 unspecified atom stereocenters. The van der Waals surface area contributed by atoms with Crippen LogP contribution >= 0.6 is 11.3 Å². The smallest absolute Gasteiger partial charge is 0.273 e. The van der Waals surface area contributed by atoms with E-state index >= 15 is 0 Å². The Labute approximate surface area is 198 Å². The van der Waals surface area contributed by atoms with Crippen LogP contribution in [-0.4, -0.2) is 46.5 Å². The summed E-state index contributed by atoms with van der Waals surface area (Å²) in [6, 6.07) is 17.8. The molecule has 7 nitrogen and oxygen atoms in total. The number of sulfonamides is 1. The molecule has 1 amide bonds. The predicted octanol–water partition coefficient (Wildman–Crippen LogP) is 4.32. The zero-order valence-electron chi connectivity index (χ0n) is 18.5. The summed E-state index contributed by atoms with van der Waals surface area (Å²) in [5.41, 5.74) is 1.57. The summed E-state index contributed by atoms with van der Waals surface area (Å²) in [7, 11) is -0.450. The quantitative estimate of drug-likeness (QED) is 0.474. The van der Waals surface area contributed by atoms with Gasteiger partial charge in [0.2, 0.25) is 0 Å². The first-order valence-electron chi connectivity index (χ1n) is 10.6. The maximum atomic E-state index is 12.9. The molecule has 174 valence electrons. The number of ether oxygens (including phenoxy) is 2. The second-order valence-electron chi connectivity index (χ2n) is 7.71. The third-order valence-corrected chi connectivity index (χ3v) is 8.88.